The summed E-state index contributed by atoms with van der Waals surface area (Å²) in [5.74, 6) is -0.0540. The molecular weight excluding hydrogens is 288 g/mol. The van der Waals surface area contributed by atoms with Crippen molar-refractivity contribution in [2.45, 2.75) is 26.7 Å². The van der Waals surface area contributed by atoms with Gasteiger partial charge in [0.2, 0.25) is 0 Å². The number of aromatic carboxylic acids is 1. The van der Waals surface area contributed by atoms with Gasteiger partial charge in [0.1, 0.15) is 5.75 Å². The van der Waals surface area contributed by atoms with Gasteiger partial charge in [0.05, 0.1) is 12.7 Å². The average molecular weight is 308 g/mol. The number of aryl methyl sites for hydroxylation is 2. The molecule has 2 aromatic carbocycles. The van der Waals surface area contributed by atoms with Gasteiger partial charge in [0, 0.05) is 0 Å². The van der Waals surface area contributed by atoms with E-state index in [2.05, 4.69) is 19.9 Å². The number of hydrogen-bond donors (Lipinski definition) is 1. The molecule has 0 amide bonds. The number of fused-ring (bicyclic) bond motifs is 1. The highest BCUT2D eigenvalue weighted by Gasteiger charge is 2.21. The van der Waals surface area contributed by atoms with Crippen molar-refractivity contribution >= 4 is 11.5 Å². The molecule has 118 valence electrons. The molecule has 3 nitrogen and oxygen atoms in total. The quantitative estimate of drug-likeness (QED) is 0.910. The maximum Gasteiger partial charge on any atom is 0.335 e. The SMILES string of the molecule is COc1ccc(C2=C(C)CCc3ccc(C(=O)O)cc32)c(C)c1. The molecule has 0 aliphatic heterocycles. The first-order valence-corrected chi connectivity index (χ1v) is 7.72. The zero-order valence-electron chi connectivity index (χ0n) is 13.6. The van der Waals surface area contributed by atoms with Gasteiger partial charge >= 0.3 is 5.97 Å². The van der Waals surface area contributed by atoms with Crippen molar-refractivity contribution in [3.63, 3.8) is 0 Å². The van der Waals surface area contributed by atoms with Gasteiger partial charge in [-0.1, -0.05) is 17.7 Å². The lowest BCUT2D eigenvalue weighted by Gasteiger charge is -2.24. The third-order valence-electron chi connectivity index (χ3n) is 4.53. The highest BCUT2D eigenvalue weighted by molar-refractivity contribution is 5.92. The summed E-state index contributed by atoms with van der Waals surface area (Å²) in [7, 11) is 1.66. The van der Waals surface area contributed by atoms with Crippen molar-refractivity contribution in [1.82, 2.24) is 0 Å². The Balaban J connectivity index is 2.20. The van der Waals surface area contributed by atoms with E-state index in [-0.39, 0.29) is 0 Å². The monoisotopic (exact) mass is 308 g/mol. The summed E-state index contributed by atoms with van der Waals surface area (Å²) in [5.41, 5.74) is 7.33. The van der Waals surface area contributed by atoms with Crippen LogP contribution < -0.4 is 4.74 Å². The molecule has 0 atom stereocenters. The van der Waals surface area contributed by atoms with E-state index < -0.39 is 5.97 Å². The Morgan fingerprint density at radius 1 is 1.04 bits per heavy atom. The molecule has 2 aromatic rings. The van der Waals surface area contributed by atoms with E-state index in [1.807, 2.05) is 18.2 Å². The van der Waals surface area contributed by atoms with Gasteiger partial charge in [-0.05, 0) is 78.8 Å². The molecule has 0 saturated heterocycles. The molecule has 1 aliphatic carbocycles. The summed E-state index contributed by atoms with van der Waals surface area (Å²) in [6.45, 7) is 4.20. The summed E-state index contributed by atoms with van der Waals surface area (Å²) in [6.07, 6.45) is 1.96. The average Bonchev–Trinajstić information content (AvgIpc) is 2.54. The maximum absolute atomic E-state index is 11.3. The molecule has 3 rings (SSSR count). The summed E-state index contributed by atoms with van der Waals surface area (Å²) < 4.78 is 5.29. The Morgan fingerprint density at radius 2 is 1.83 bits per heavy atom. The first-order chi connectivity index (χ1) is 11.0. The largest absolute Gasteiger partial charge is 0.497 e. The predicted octanol–water partition coefficient (Wildman–Crippen LogP) is 4.47. The van der Waals surface area contributed by atoms with Crippen LogP contribution >= 0.6 is 0 Å². The molecule has 0 heterocycles. The number of ether oxygens (including phenoxy) is 1. The summed E-state index contributed by atoms with van der Waals surface area (Å²) >= 11 is 0. The van der Waals surface area contributed by atoms with Gasteiger partial charge in [-0.15, -0.1) is 0 Å². The minimum Gasteiger partial charge on any atom is -0.497 e. The summed E-state index contributed by atoms with van der Waals surface area (Å²) in [5, 5.41) is 9.30. The minimum absolute atomic E-state index is 0.335. The van der Waals surface area contributed by atoms with Gasteiger partial charge in [-0.3, -0.25) is 0 Å². The number of hydrogen-bond acceptors (Lipinski definition) is 2. The first kappa shape index (κ1) is 15.3. The molecule has 0 unspecified atom stereocenters. The predicted molar refractivity (Wildman–Crippen MR) is 91.1 cm³/mol. The molecule has 1 N–H and O–H groups in total. The van der Waals surface area contributed by atoms with Gasteiger partial charge in [0.15, 0.2) is 0 Å². The van der Waals surface area contributed by atoms with Crippen LogP contribution in [-0.4, -0.2) is 18.2 Å². The number of allylic oxidation sites excluding steroid dienone is 1. The lowest BCUT2D eigenvalue weighted by molar-refractivity contribution is 0.0697. The first-order valence-electron chi connectivity index (χ1n) is 7.72. The molecule has 0 saturated carbocycles. The van der Waals surface area contributed by atoms with E-state index in [0.717, 1.165) is 40.9 Å². The normalized spacial score (nSPS) is 13.7. The number of benzene rings is 2. The van der Waals surface area contributed by atoms with Crippen LogP contribution in [0.25, 0.3) is 5.57 Å². The molecule has 0 aromatic heterocycles. The van der Waals surface area contributed by atoms with E-state index in [0.29, 0.717) is 5.56 Å². The van der Waals surface area contributed by atoms with Crippen LogP contribution in [0.1, 0.15) is 46.0 Å². The number of rotatable bonds is 3. The van der Waals surface area contributed by atoms with Crippen LogP contribution in [-0.2, 0) is 6.42 Å². The molecule has 23 heavy (non-hydrogen) atoms. The van der Waals surface area contributed by atoms with Crippen LogP contribution in [0.4, 0.5) is 0 Å². The topological polar surface area (TPSA) is 46.5 Å². The molecule has 0 radical (unpaired) electrons. The van der Waals surface area contributed by atoms with E-state index in [1.54, 1.807) is 19.2 Å². The number of carboxylic acid groups (broad SMARTS) is 1. The second-order valence-electron chi connectivity index (χ2n) is 6.01. The fraction of sp³-hybridized carbons (Fsp3) is 0.250. The number of carbonyl (C=O) groups is 1. The Labute approximate surface area is 136 Å². The molecule has 0 fully saturated rings. The molecular formula is C20H20O3. The van der Waals surface area contributed by atoms with E-state index >= 15 is 0 Å². The van der Waals surface area contributed by atoms with Crippen molar-refractivity contribution in [3.05, 3.63) is 69.8 Å². The zero-order chi connectivity index (χ0) is 16.6. The van der Waals surface area contributed by atoms with Crippen LogP contribution in [0.2, 0.25) is 0 Å². The number of carboxylic acids is 1. The van der Waals surface area contributed by atoms with E-state index in [9.17, 15) is 9.90 Å². The summed E-state index contributed by atoms with van der Waals surface area (Å²) in [6, 6.07) is 11.5. The third kappa shape index (κ3) is 2.74. The minimum atomic E-state index is -0.887. The molecule has 0 spiro atoms. The standard InChI is InChI=1S/C20H20O3/c1-12-4-5-14-6-7-15(20(21)22)11-18(14)19(12)17-9-8-16(23-3)10-13(17)2/h6-11H,4-5H2,1-3H3,(H,21,22). The van der Waals surface area contributed by atoms with Crippen molar-refractivity contribution < 1.29 is 14.6 Å². The van der Waals surface area contributed by atoms with Crippen LogP contribution in [0.3, 0.4) is 0 Å². The second kappa shape index (κ2) is 5.92. The third-order valence-corrected chi connectivity index (χ3v) is 4.53. The van der Waals surface area contributed by atoms with Gasteiger partial charge in [-0.2, -0.15) is 0 Å². The molecule has 3 heteroatoms. The van der Waals surface area contributed by atoms with Crippen LogP contribution in [0.5, 0.6) is 5.75 Å². The van der Waals surface area contributed by atoms with Crippen molar-refractivity contribution in [2.75, 3.05) is 7.11 Å². The van der Waals surface area contributed by atoms with E-state index in [4.69, 9.17) is 4.74 Å². The Hall–Kier alpha value is -2.55. The van der Waals surface area contributed by atoms with E-state index in [1.165, 1.54) is 11.1 Å². The van der Waals surface area contributed by atoms with Gasteiger partial charge in [-0.25, -0.2) is 4.79 Å². The van der Waals surface area contributed by atoms with Gasteiger partial charge in [0.25, 0.3) is 0 Å². The van der Waals surface area contributed by atoms with Crippen LogP contribution in [0, 0.1) is 6.92 Å². The Morgan fingerprint density at radius 3 is 2.48 bits per heavy atom. The summed E-state index contributed by atoms with van der Waals surface area (Å²) in [4.78, 5) is 11.3. The fourth-order valence-electron chi connectivity index (χ4n) is 3.26. The Bertz CT molecular complexity index is 816. The van der Waals surface area contributed by atoms with Gasteiger partial charge < -0.3 is 9.84 Å². The van der Waals surface area contributed by atoms with Crippen molar-refractivity contribution in [2.24, 2.45) is 0 Å². The smallest absolute Gasteiger partial charge is 0.335 e. The zero-order valence-corrected chi connectivity index (χ0v) is 13.6. The van der Waals surface area contributed by atoms with Crippen molar-refractivity contribution in [3.8, 4) is 5.75 Å². The maximum atomic E-state index is 11.3. The highest BCUT2D eigenvalue weighted by Crippen LogP contribution is 2.38. The highest BCUT2D eigenvalue weighted by atomic mass is 16.5. The van der Waals surface area contributed by atoms with Crippen molar-refractivity contribution in [1.29, 1.82) is 0 Å². The number of methoxy groups -OCH3 is 1. The van der Waals surface area contributed by atoms with Crippen LogP contribution in [0.15, 0.2) is 42.0 Å². The lowest BCUT2D eigenvalue weighted by Crippen LogP contribution is -2.08. The molecule has 0 bridgehead atoms. The molecule has 1 aliphatic rings. The second-order valence-corrected chi connectivity index (χ2v) is 6.01. The Kier molecular flexibility index (Phi) is 3.95. The lowest BCUT2D eigenvalue weighted by atomic mass is 9.81. The fourth-order valence-corrected chi connectivity index (χ4v) is 3.26.